The highest BCUT2D eigenvalue weighted by atomic mass is 16.3. The van der Waals surface area contributed by atoms with Crippen molar-refractivity contribution in [1.82, 2.24) is 5.32 Å². The Kier molecular flexibility index (Phi) is 40.1. The van der Waals surface area contributed by atoms with Crippen LogP contribution in [-0.4, -0.2) is 46.1 Å². The van der Waals surface area contributed by atoms with Gasteiger partial charge in [0.1, 0.15) is 6.10 Å². The molecule has 0 fully saturated rings. The molecule has 0 aliphatic heterocycles. The first-order valence-corrected chi connectivity index (χ1v) is 22.5. The van der Waals surface area contributed by atoms with Crippen LogP contribution < -0.4 is 5.32 Å². The maximum Gasteiger partial charge on any atom is 0.249 e. The highest BCUT2D eigenvalue weighted by Gasteiger charge is 2.23. The summed E-state index contributed by atoms with van der Waals surface area (Å²) in [7, 11) is 0. The van der Waals surface area contributed by atoms with Crippen LogP contribution in [-0.2, 0) is 4.79 Å². The molecule has 0 aliphatic carbocycles. The van der Waals surface area contributed by atoms with Crippen LogP contribution in [0.4, 0.5) is 0 Å². The molecule has 5 nitrogen and oxygen atoms in total. The molecule has 0 aromatic carbocycles. The molecule has 5 heteroatoms. The van der Waals surface area contributed by atoms with Crippen LogP contribution in [0, 0.1) is 0 Å². The highest BCUT2D eigenvalue weighted by Crippen LogP contribution is 2.16. The normalized spacial score (nSPS) is 13.6. The van der Waals surface area contributed by atoms with Crippen molar-refractivity contribution in [2.45, 2.75) is 263 Å². The third-order valence-corrected chi connectivity index (χ3v) is 10.6. The van der Waals surface area contributed by atoms with E-state index in [0.717, 1.165) is 32.1 Å². The Morgan fingerprint density at radius 2 is 0.760 bits per heavy atom. The summed E-state index contributed by atoms with van der Waals surface area (Å²) < 4.78 is 0. The second-order valence-corrected chi connectivity index (χ2v) is 15.6. The van der Waals surface area contributed by atoms with Gasteiger partial charge < -0.3 is 20.6 Å². The number of unbranched alkanes of at least 4 members (excludes halogenated alkanes) is 31. The molecule has 4 N–H and O–H groups in total. The van der Waals surface area contributed by atoms with Gasteiger partial charge in [-0.15, -0.1) is 0 Å². The van der Waals surface area contributed by atoms with Gasteiger partial charge in [0, 0.05) is 0 Å². The molecule has 0 aromatic heterocycles. The first-order chi connectivity index (χ1) is 24.6. The van der Waals surface area contributed by atoms with Crippen LogP contribution >= 0.6 is 0 Å². The number of hydrogen-bond donors (Lipinski definition) is 4. The highest BCUT2D eigenvalue weighted by molar-refractivity contribution is 5.80. The average molecular weight is 708 g/mol. The van der Waals surface area contributed by atoms with Crippen molar-refractivity contribution in [2.75, 3.05) is 6.61 Å². The fourth-order valence-corrected chi connectivity index (χ4v) is 7.07. The number of carbonyl (C=O) groups excluding carboxylic acids is 1. The van der Waals surface area contributed by atoms with Crippen molar-refractivity contribution in [2.24, 2.45) is 0 Å². The minimum absolute atomic E-state index is 0.313. The lowest BCUT2D eigenvalue weighted by atomic mass is 10.0. The van der Waals surface area contributed by atoms with Crippen LogP contribution in [0.3, 0.4) is 0 Å². The van der Waals surface area contributed by atoms with Gasteiger partial charge >= 0.3 is 0 Å². The standard InChI is InChI=1S/C45H89NO4/c1-3-5-7-9-11-13-15-17-19-20-21-22-23-24-26-28-30-32-34-36-38-40-44(49)45(50)46-42(41-47)43(48)39-37-35-33-31-29-27-25-18-16-14-12-10-8-6-4-2/h23-24,42-44,47-49H,3-22,25-41H2,1-2H3,(H,46,50)/b24-23-. The lowest BCUT2D eigenvalue weighted by molar-refractivity contribution is -0.131. The molecule has 0 aliphatic rings. The van der Waals surface area contributed by atoms with E-state index in [4.69, 9.17) is 0 Å². The fourth-order valence-electron chi connectivity index (χ4n) is 7.07. The summed E-state index contributed by atoms with van der Waals surface area (Å²) in [5, 5.41) is 33.3. The predicted molar refractivity (Wildman–Crippen MR) is 218 cm³/mol. The van der Waals surface area contributed by atoms with Crippen LogP contribution in [0.2, 0.25) is 0 Å². The third kappa shape index (κ3) is 35.5. The van der Waals surface area contributed by atoms with E-state index in [9.17, 15) is 20.1 Å². The topological polar surface area (TPSA) is 89.8 Å². The zero-order valence-corrected chi connectivity index (χ0v) is 33.8. The summed E-state index contributed by atoms with van der Waals surface area (Å²) in [6.45, 7) is 4.24. The Morgan fingerprint density at radius 3 is 1.10 bits per heavy atom. The number of carbonyl (C=O) groups is 1. The minimum atomic E-state index is -1.08. The lowest BCUT2D eigenvalue weighted by Crippen LogP contribution is -2.49. The van der Waals surface area contributed by atoms with E-state index in [1.807, 2.05) is 0 Å². The molecule has 0 saturated carbocycles. The Bertz CT molecular complexity index is 699. The van der Waals surface area contributed by atoms with E-state index in [1.54, 1.807) is 0 Å². The molecule has 0 heterocycles. The van der Waals surface area contributed by atoms with Gasteiger partial charge in [-0.05, 0) is 38.5 Å². The van der Waals surface area contributed by atoms with Crippen molar-refractivity contribution in [3.63, 3.8) is 0 Å². The second-order valence-electron chi connectivity index (χ2n) is 15.6. The van der Waals surface area contributed by atoms with Crippen LogP contribution in [0.5, 0.6) is 0 Å². The number of allylic oxidation sites excluding steroid dienone is 2. The first kappa shape index (κ1) is 49.1. The number of aliphatic hydroxyl groups is 3. The van der Waals surface area contributed by atoms with Crippen molar-refractivity contribution in [3.8, 4) is 0 Å². The van der Waals surface area contributed by atoms with Crippen molar-refractivity contribution in [3.05, 3.63) is 12.2 Å². The first-order valence-electron chi connectivity index (χ1n) is 22.5. The second kappa shape index (κ2) is 40.9. The summed E-state index contributed by atoms with van der Waals surface area (Å²) in [6.07, 6.45) is 47.8. The van der Waals surface area contributed by atoms with Gasteiger partial charge in [-0.25, -0.2) is 0 Å². The molecule has 0 saturated heterocycles. The molecule has 0 aromatic rings. The smallest absolute Gasteiger partial charge is 0.249 e. The van der Waals surface area contributed by atoms with Gasteiger partial charge in [0.25, 0.3) is 0 Å². The van der Waals surface area contributed by atoms with E-state index in [-0.39, 0.29) is 6.61 Å². The predicted octanol–water partition coefficient (Wildman–Crippen LogP) is 12.8. The molecule has 3 atom stereocenters. The molecule has 298 valence electrons. The largest absolute Gasteiger partial charge is 0.394 e. The molecule has 0 bridgehead atoms. The van der Waals surface area contributed by atoms with E-state index < -0.39 is 24.2 Å². The van der Waals surface area contributed by atoms with Gasteiger partial charge in [0.2, 0.25) is 5.91 Å². The number of hydrogen-bond acceptors (Lipinski definition) is 4. The molecule has 3 unspecified atom stereocenters. The Balaban J connectivity index is 3.61. The van der Waals surface area contributed by atoms with Crippen LogP contribution in [0.25, 0.3) is 0 Å². The fraction of sp³-hybridized carbons (Fsp3) is 0.933. The SMILES string of the molecule is CCCCCCCCCCCCC/C=C\CCCCCCCCC(O)C(=O)NC(CO)C(O)CCCCCCCCCCCCCCCCC. The molecule has 0 radical (unpaired) electrons. The Morgan fingerprint density at radius 1 is 0.460 bits per heavy atom. The Labute approximate surface area is 312 Å². The van der Waals surface area contributed by atoms with Crippen molar-refractivity contribution in [1.29, 1.82) is 0 Å². The van der Waals surface area contributed by atoms with Crippen molar-refractivity contribution < 1.29 is 20.1 Å². The van der Waals surface area contributed by atoms with E-state index in [0.29, 0.717) is 12.8 Å². The van der Waals surface area contributed by atoms with Crippen molar-refractivity contribution >= 4 is 5.91 Å². The van der Waals surface area contributed by atoms with Gasteiger partial charge in [-0.2, -0.15) is 0 Å². The van der Waals surface area contributed by atoms with Crippen LogP contribution in [0.15, 0.2) is 12.2 Å². The van der Waals surface area contributed by atoms with Gasteiger partial charge in [-0.1, -0.05) is 219 Å². The zero-order chi connectivity index (χ0) is 36.6. The zero-order valence-electron chi connectivity index (χ0n) is 33.8. The summed E-state index contributed by atoms with van der Waals surface area (Å²) in [5.74, 6) is -0.473. The van der Waals surface area contributed by atoms with E-state index in [1.165, 1.54) is 186 Å². The van der Waals surface area contributed by atoms with E-state index >= 15 is 0 Å². The maximum absolute atomic E-state index is 12.5. The quantitative estimate of drug-likeness (QED) is 0.0376. The summed E-state index contributed by atoms with van der Waals surface area (Å²) >= 11 is 0. The molecule has 1 amide bonds. The summed E-state index contributed by atoms with van der Waals surface area (Å²) in [5.41, 5.74) is 0. The number of rotatable bonds is 41. The summed E-state index contributed by atoms with van der Waals surface area (Å²) in [4.78, 5) is 12.5. The maximum atomic E-state index is 12.5. The molecular weight excluding hydrogens is 618 g/mol. The minimum Gasteiger partial charge on any atom is -0.394 e. The van der Waals surface area contributed by atoms with Gasteiger partial charge in [0.05, 0.1) is 18.8 Å². The Hall–Kier alpha value is -0.910. The number of nitrogens with one attached hydrogen (secondary N) is 1. The lowest BCUT2D eigenvalue weighted by Gasteiger charge is -2.23. The van der Waals surface area contributed by atoms with E-state index in [2.05, 4.69) is 31.3 Å². The molecule has 50 heavy (non-hydrogen) atoms. The number of aliphatic hydroxyl groups excluding tert-OH is 3. The average Bonchev–Trinajstić information content (AvgIpc) is 3.12. The molecule has 0 rings (SSSR count). The van der Waals surface area contributed by atoms with Crippen LogP contribution in [0.1, 0.15) is 245 Å². The third-order valence-electron chi connectivity index (χ3n) is 10.6. The molecule has 0 spiro atoms. The summed E-state index contributed by atoms with van der Waals surface area (Å²) in [6, 6.07) is -0.711. The van der Waals surface area contributed by atoms with Gasteiger partial charge in [0.15, 0.2) is 0 Å². The number of amides is 1. The monoisotopic (exact) mass is 708 g/mol. The van der Waals surface area contributed by atoms with Gasteiger partial charge in [-0.3, -0.25) is 4.79 Å². The molecular formula is C45H89NO4.